The molecule has 1 aliphatic rings. The summed E-state index contributed by atoms with van der Waals surface area (Å²) in [5.74, 6) is -0.141. The van der Waals surface area contributed by atoms with Crippen LogP contribution in [0.2, 0.25) is 5.02 Å². The van der Waals surface area contributed by atoms with Crippen molar-refractivity contribution in [2.75, 3.05) is 13.1 Å². The predicted octanol–water partition coefficient (Wildman–Crippen LogP) is 5.19. The number of likely N-dealkylation sites (tertiary alicyclic amines) is 1. The fourth-order valence-electron chi connectivity index (χ4n) is 3.69. The molecule has 0 unspecified atom stereocenters. The zero-order chi connectivity index (χ0) is 20.3. The summed E-state index contributed by atoms with van der Waals surface area (Å²) in [5.41, 5.74) is 4.27. The zero-order valence-corrected chi connectivity index (χ0v) is 17.5. The van der Waals surface area contributed by atoms with Gasteiger partial charge in [0.1, 0.15) is 5.82 Å². The molecule has 3 rings (SSSR count). The second-order valence-corrected chi connectivity index (χ2v) is 8.30. The first-order valence-corrected chi connectivity index (χ1v) is 10.2. The minimum Gasteiger partial charge on any atom is -0.349 e. The number of aryl methyl sites for hydroxylation is 2. The van der Waals surface area contributed by atoms with E-state index in [2.05, 4.69) is 42.3 Å². The van der Waals surface area contributed by atoms with Crippen LogP contribution >= 0.6 is 11.6 Å². The van der Waals surface area contributed by atoms with E-state index in [0.29, 0.717) is 17.1 Å². The number of carbonyl (C=O) groups excluding carboxylic acids is 1. The number of benzene rings is 2. The Bertz CT molecular complexity index is 846. The summed E-state index contributed by atoms with van der Waals surface area (Å²) >= 11 is 5.82. The average molecular weight is 403 g/mol. The Morgan fingerprint density at radius 3 is 2.54 bits per heavy atom. The van der Waals surface area contributed by atoms with Crippen molar-refractivity contribution in [1.82, 2.24) is 10.2 Å². The lowest BCUT2D eigenvalue weighted by Crippen LogP contribution is -2.41. The van der Waals surface area contributed by atoms with Crippen LogP contribution in [0, 0.1) is 25.6 Å². The summed E-state index contributed by atoms with van der Waals surface area (Å²) in [6.07, 6.45) is 1.58. The Morgan fingerprint density at radius 1 is 1.18 bits per heavy atom. The van der Waals surface area contributed by atoms with Gasteiger partial charge in [0.2, 0.25) is 5.91 Å². The first-order chi connectivity index (χ1) is 13.3. The molecule has 0 spiro atoms. The molecule has 1 aliphatic heterocycles. The normalized spacial score (nSPS) is 16.8. The van der Waals surface area contributed by atoms with Crippen molar-refractivity contribution in [3.63, 3.8) is 0 Å². The Kier molecular flexibility index (Phi) is 6.73. The highest BCUT2D eigenvalue weighted by atomic mass is 35.5. The van der Waals surface area contributed by atoms with E-state index in [0.717, 1.165) is 31.5 Å². The van der Waals surface area contributed by atoms with Crippen LogP contribution in [-0.2, 0) is 11.3 Å². The van der Waals surface area contributed by atoms with Crippen molar-refractivity contribution < 1.29 is 9.18 Å². The maximum absolute atomic E-state index is 14.0. The van der Waals surface area contributed by atoms with Gasteiger partial charge in [-0.25, -0.2) is 4.39 Å². The fraction of sp³-hybridized carbons (Fsp3) is 0.435. The van der Waals surface area contributed by atoms with Gasteiger partial charge in [0.15, 0.2) is 0 Å². The lowest BCUT2D eigenvalue weighted by molar-refractivity contribution is -0.127. The first kappa shape index (κ1) is 20.8. The first-order valence-electron chi connectivity index (χ1n) is 9.87. The van der Waals surface area contributed by atoms with Crippen LogP contribution in [0.15, 0.2) is 36.4 Å². The molecular weight excluding hydrogens is 375 g/mol. The van der Waals surface area contributed by atoms with E-state index >= 15 is 0 Å². The van der Waals surface area contributed by atoms with Crippen molar-refractivity contribution >= 4 is 17.5 Å². The van der Waals surface area contributed by atoms with E-state index < -0.39 is 0 Å². The SMILES string of the molecule is Cc1ccc([C@@H](C)NC(=O)C2CCN(Cc3ccc(Cl)cc3F)CC2)cc1C. The van der Waals surface area contributed by atoms with Crippen molar-refractivity contribution in [1.29, 1.82) is 0 Å². The van der Waals surface area contributed by atoms with E-state index in [1.165, 1.54) is 17.2 Å². The Labute approximate surface area is 171 Å². The van der Waals surface area contributed by atoms with Crippen molar-refractivity contribution in [2.24, 2.45) is 5.92 Å². The molecular formula is C23H28ClFN2O. The number of amides is 1. The highest BCUT2D eigenvalue weighted by molar-refractivity contribution is 6.30. The molecule has 0 saturated carbocycles. The highest BCUT2D eigenvalue weighted by Gasteiger charge is 2.26. The van der Waals surface area contributed by atoms with Gasteiger partial charge < -0.3 is 5.32 Å². The summed E-state index contributed by atoms with van der Waals surface area (Å²) in [6, 6.07) is 11.1. The van der Waals surface area contributed by atoms with E-state index in [4.69, 9.17) is 11.6 Å². The number of halogens is 2. The Hall–Kier alpha value is -1.91. The number of nitrogens with one attached hydrogen (secondary N) is 1. The summed E-state index contributed by atoms with van der Waals surface area (Å²) in [6.45, 7) is 8.34. The van der Waals surface area contributed by atoms with Gasteiger partial charge in [-0.1, -0.05) is 35.9 Å². The summed E-state index contributed by atoms with van der Waals surface area (Å²) < 4.78 is 14.0. The smallest absolute Gasteiger partial charge is 0.223 e. The van der Waals surface area contributed by atoms with Gasteiger partial charge in [-0.15, -0.1) is 0 Å². The van der Waals surface area contributed by atoms with Crippen LogP contribution in [0.25, 0.3) is 0 Å². The molecule has 1 saturated heterocycles. The maximum Gasteiger partial charge on any atom is 0.223 e. The summed E-state index contributed by atoms with van der Waals surface area (Å²) in [7, 11) is 0. The molecule has 3 nitrogen and oxygen atoms in total. The fourth-order valence-corrected chi connectivity index (χ4v) is 3.85. The van der Waals surface area contributed by atoms with Gasteiger partial charge in [-0.3, -0.25) is 9.69 Å². The maximum atomic E-state index is 14.0. The molecule has 0 aromatic heterocycles. The molecule has 0 aliphatic carbocycles. The number of hydrogen-bond acceptors (Lipinski definition) is 2. The molecule has 1 atom stereocenters. The third kappa shape index (κ3) is 5.12. The van der Waals surface area contributed by atoms with Crippen LogP contribution in [0.1, 0.15) is 48.1 Å². The second kappa shape index (κ2) is 9.06. The molecule has 0 radical (unpaired) electrons. The molecule has 28 heavy (non-hydrogen) atoms. The molecule has 150 valence electrons. The molecule has 1 N–H and O–H groups in total. The molecule has 2 aromatic carbocycles. The van der Waals surface area contributed by atoms with Crippen LogP contribution in [-0.4, -0.2) is 23.9 Å². The van der Waals surface area contributed by atoms with Crippen LogP contribution < -0.4 is 5.32 Å². The molecule has 1 amide bonds. The highest BCUT2D eigenvalue weighted by Crippen LogP contribution is 2.23. The van der Waals surface area contributed by atoms with Crippen molar-refractivity contribution in [2.45, 2.75) is 46.2 Å². The van der Waals surface area contributed by atoms with E-state index in [1.807, 2.05) is 6.92 Å². The van der Waals surface area contributed by atoms with Gasteiger partial charge in [0, 0.05) is 23.0 Å². The quantitative estimate of drug-likeness (QED) is 0.746. The van der Waals surface area contributed by atoms with Crippen LogP contribution in [0.5, 0.6) is 0 Å². The molecule has 2 aromatic rings. The van der Waals surface area contributed by atoms with E-state index in [1.54, 1.807) is 12.1 Å². The number of carbonyl (C=O) groups is 1. The standard InChI is InChI=1S/C23H28ClFN2O/c1-15-4-5-19(12-16(15)2)17(3)26-23(28)18-8-10-27(11-9-18)14-20-6-7-21(24)13-22(20)25/h4-7,12-13,17-18H,8-11,14H2,1-3H3,(H,26,28)/t17-/m1/s1. The largest absolute Gasteiger partial charge is 0.349 e. The number of hydrogen-bond donors (Lipinski definition) is 1. The van der Waals surface area contributed by atoms with Gasteiger partial charge >= 0.3 is 0 Å². The lowest BCUT2D eigenvalue weighted by Gasteiger charge is -2.32. The van der Waals surface area contributed by atoms with Crippen LogP contribution in [0.3, 0.4) is 0 Å². The van der Waals surface area contributed by atoms with Gasteiger partial charge in [-0.2, -0.15) is 0 Å². The van der Waals surface area contributed by atoms with E-state index in [9.17, 15) is 9.18 Å². The molecule has 1 heterocycles. The van der Waals surface area contributed by atoms with Gasteiger partial charge in [0.05, 0.1) is 6.04 Å². The number of nitrogens with zero attached hydrogens (tertiary/aromatic N) is 1. The monoisotopic (exact) mass is 402 g/mol. The Morgan fingerprint density at radius 2 is 1.89 bits per heavy atom. The summed E-state index contributed by atoms with van der Waals surface area (Å²) in [5, 5.41) is 3.57. The number of piperidine rings is 1. The van der Waals surface area contributed by atoms with Gasteiger partial charge in [-0.05, 0) is 75.5 Å². The van der Waals surface area contributed by atoms with Gasteiger partial charge in [0.25, 0.3) is 0 Å². The van der Waals surface area contributed by atoms with Crippen molar-refractivity contribution in [3.05, 3.63) is 69.5 Å². The third-order valence-electron chi connectivity index (χ3n) is 5.76. The molecule has 0 bridgehead atoms. The van der Waals surface area contributed by atoms with Crippen LogP contribution in [0.4, 0.5) is 4.39 Å². The Balaban J connectivity index is 1.51. The number of rotatable bonds is 5. The minimum atomic E-state index is -0.269. The lowest BCUT2D eigenvalue weighted by atomic mass is 9.94. The molecule has 1 fully saturated rings. The zero-order valence-electron chi connectivity index (χ0n) is 16.8. The predicted molar refractivity (Wildman–Crippen MR) is 112 cm³/mol. The average Bonchev–Trinajstić information content (AvgIpc) is 2.66. The third-order valence-corrected chi connectivity index (χ3v) is 5.99. The second-order valence-electron chi connectivity index (χ2n) is 7.86. The van der Waals surface area contributed by atoms with E-state index in [-0.39, 0.29) is 23.7 Å². The topological polar surface area (TPSA) is 32.3 Å². The molecule has 5 heteroatoms. The summed E-state index contributed by atoms with van der Waals surface area (Å²) in [4.78, 5) is 14.9. The van der Waals surface area contributed by atoms with Crippen molar-refractivity contribution in [3.8, 4) is 0 Å². The minimum absolute atomic E-state index is 0.00649.